The first-order valence-electron chi connectivity index (χ1n) is 4.88. The van der Waals surface area contributed by atoms with E-state index in [0.717, 1.165) is 25.7 Å². The molecule has 0 aliphatic heterocycles. The molecule has 0 aromatic heterocycles. The van der Waals surface area contributed by atoms with Crippen molar-refractivity contribution in [2.24, 2.45) is 0 Å². The molecule has 0 aromatic carbocycles. The largest absolute Gasteiger partial charge is 0.382 e. The van der Waals surface area contributed by atoms with Crippen LogP contribution in [-0.4, -0.2) is 26.3 Å². The van der Waals surface area contributed by atoms with Gasteiger partial charge in [-0.3, -0.25) is 0 Å². The molecule has 0 heterocycles. The minimum atomic E-state index is 0.322. The van der Waals surface area contributed by atoms with Gasteiger partial charge in [0.15, 0.2) is 0 Å². The van der Waals surface area contributed by atoms with Gasteiger partial charge in [-0.25, -0.2) is 0 Å². The highest BCUT2D eigenvalue weighted by molar-refractivity contribution is 4.84. The first-order valence-corrected chi connectivity index (χ1v) is 4.88. The molecule has 2 unspecified atom stereocenters. The number of hydrogen-bond donors (Lipinski definition) is 1. The van der Waals surface area contributed by atoms with E-state index < -0.39 is 0 Å². The van der Waals surface area contributed by atoms with Crippen molar-refractivity contribution in [1.82, 2.24) is 5.32 Å². The molecule has 0 spiro atoms. The molecule has 0 fully saturated rings. The molecule has 0 radical (unpaired) electrons. The van der Waals surface area contributed by atoms with E-state index in [2.05, 4.69) is 18.2 Å². The molecule has 0 amide bonds. The maximum atomic E-state index is 5.21. The highest BCUT2D eigenvalue weighted by Crippen LogP contribution is 2.08. The summed E-state index contributed by atoms with van der Waals surface area (Å²) in [6.45, 7) is 2.09. The molecule has 13 heavy (non-hydrogen) atoms. The van der Waals surface area contributed by atoms with Gasteiger partial charge in [0.05, 0.1) is 6.10 Å². The van der Waals surface area contributed by atoms with Crippen LogP contribution in [-0.2, 0) is 4.74 Å². The molecule has 0 rings (SSSR count). The highest BCUT2D eigenvalue weighted by Gasteiger charge is 2.09. The van der Waals surface area contributed by atoms with E-state index in [-0.39, 0.29) is 0 Å². The summed E-state index contributed by atoms with van der Waals surface area (Å²) >= 11 is 0. The molecule has 2 heteroatoms. The third kappa shape index (κ3) is 6.62. The van der Waals surface area contributed by atoms with Gasteiger partial charge in [-0.1, -0.05) is 0 Å². The van der Waals surface area contributed by atoms with Gasteiger partial charge in [0.25, 0.3) is 0 Å². The zero-order valence-electron chi connectivity index (χ0n) is 8.97. The number of hydrogen-bond acceptors (Lipinski definition) is 2. The predicted octanol–water partition coefficient (Wildman–Crippen LogP) is 1.80. The molecule has 0 aliphatic carbocycles. The average Bonchev–Trinajstić information content (AvgIpc) is 2.16. The molecule has 0 bridgehead atoms. The van der Waals surface area contributed by atoms with Gasteiger partial charge in [-0.15, -0.1) is 12.3 Å². The van der Waals surface area contributed by atoms with Gasteiger partial charge in [0, 0.05) is 19.6 Å². The summed E-state index contributed by atoms with van der Waals surface area (Å²) in [5.74, 6) is 2.66. The zero-order chi connectivity index (χ0) is 10.1. The Morgan fingerprint density at radius 3 is 2.69 bits per heavy atom. The van der Waals surface area contributed by atoms with Crippen LogP contribution in [0.4, 0.5) is 0 Å². The molecular formula is C11H21NO. The number of terminal acetylenes is 1. The van der Waals surface area contributed by atoms with Crippen LogP contribution in [0.3, 0.4) is 0 Å². The van der Waals surface area contributed by atoms with Gasteiger partial charge >= 0.3 is 0 Å². The van der Waals surface area contributed by atoms with Crippen LogP contribution in [0.2, 0.25) is 0 Å². The fraction of sp³-hybridized carbons (Fsp3) is 0.818. The summed E-state index contributed by atoms with van der Waals surface area (Å²) in [7, 11) is 3.74. The maximum Gasteiger partial charge on any atom is 0.0558 e. The predicted molar refractivity (Wildman–Crippen MR) is 56.6 cm³/mol. The van der Waals surface area contributed by atoms with Crippen LogP contribution in [0, 0.1) is 12.3 Å². The van der Waals surface area contributed by atoms with Crippen molar-refractivity contribution in [2.75, 3.05) is 14.2 Å². The second-order valence-electron chi connectivity index (χ2n) is 3.36. The van der Waals surface area contributed by atoms with E-state index >= 15 is 0 Å². The normalized spacial score (nSPS) is 14.9. The van der Waals surface area contributed by atoms with Crippen LogP contribution in [0.25, 0.3) is 0 Å². The van der Waals surface area contributed by atoms with E-state index in [9.17, 15) is 0 Å². The van der Waals surface area contributed by atoms with E-state index in [1.54, 1.807) is 7.11 Å². The highest BCUT2D eigenvalue weighted by atomic mass is 16.5. The van der Waals surface area contributed by atoms with Crippen molar-refractivity contribution in [1.29, 1.82) is 0 Å². The fourth-order valence-electron chi connectivity index (χ4n) is 1.33. The second-order valence-corrected chi connectivity index (χ2v) is 3.36. The summed E-state index contributed by atoms with van der Waals surface area (Å²) in [4.78, 5) is 0. The van der Waals surface area contributed by atoms with Gasteiger partial charge in [-0.05, 0) is 33.2 Å². The van der Waals surface area contributed by atoms with Crippen molar-refractivity contribution in [3.05, 3.63) is 0 Å². The van der Waals surface area contributed by atoms with Crippen molar-refractivity contribution in [2.45, 2.75) is 44.8 Å². The Balaban J connectivity index is 3.57. The average molecular weight is 183 g/mol. The summed E-state index contributed by atoms with van der Waals surface area (Å²) in [5, 5.41) is 3.28. The van der Waals surface area contributed by atoms with E-state index in [4.69, 9.17) is 11.2 Å². The van der Waals surface area contributed by atoms with Crippen LogP contribution in [0.15, 0.2) is 0 Å². The molecule has 0 saturated heterocycles. The lowest BCUT2D eigenvalue weighted by Crippen LogP contribution is -2.29. The standard InChI is InChI=1S/C11H21NO/c1-5-6-7-8-11(12-3)9-10(2)13-4/h1,10-12H,6-9H2,2-4H3. The number of rotatable bonds is 7. The van der Waals surface area contributed by atoms with Crippen molar-refractivity contribution in [3.8, 4) is 12.3 Å². The molecule has 0 aromatic rings. The Morgan fingerprint density at radius 2 is 2.23 bits per heavy atom. The topological polar surface area (TPSA) is 21.3 Å². The minimum Gasteiger partial charge on any atom is -0.382 e. The number of nitrogens with one attached hydrogen (secondary N) is 1. The van der Waals surface area contributed by atoms with E-state index in [0.29, 0.717) is 12.1 Å². The first-order chi connectivity index (χ1) is 6.24. The fourth-order valence-corrected chi connectivity index (χ4v) is 1.33. The number of unbranched alkanes of at least 4 members (excludes halogenated alkanes) is 1. The Labute approximate surface area is 82.1 Å². The van der Waals surface area contributed by atoms with Gasteiger partial charge in [-0.2, -0.15) is 0 Å². The number of ether oxygens (including phenoxy) is 1. The Morgan fingerprint density at radius 1 is 1.54 bits per heavy atom. The second kappa shape index (κ2) is 8.10. The monoisotopic (exact) mass is 183 g/mol. The molecule has 0 saturated carbocycles. The minimum absolute atomic E-state index is 0.322. The third-order valence-electron chi connectivity index (χ3n) is 2.30. The number of methoxy groups -OCH3 is 1. The lowest BCUT2D eigenvalue weighted by Gasteiger charge is -2.19. The summed E-state index contributed by atoms with van der Waals surface area (Å²) in [6, 6.07) is 0.531. The Kier molecular flexibility index (Phi) is 7.77. The summed E-state index contributed by atoms with van der Waals surface area (Å²) < 4.78 is 5.21. The smallest absolute Gasteiger partial charge is 0.0558 e. The van der Waals surface area contributed by atoms with Crippen LogP contribution >= 0.6 is 0 Å². The van der Waals surface area contributed by atoms with Crippen molar-refractivity contribution < 1.29 is 4.74 Å². The zero-order valence-corrected chi connectivity index (χ0v) is 8.97. The maximum absolute atomic E-state index is 5.21. The van der Waals surface area contributed by atoms with Crippen molar-refractivity contribution >= 4 is 0 Å². The molecule has 0 aliphatic rings. The van der Waals surface area contributed by atoms with Crippen LogP contribution < -0.4 is 5.32 Å². The quantitative estimate of drug-likeness (QED) is 0.480. The molecule has 2 nitrogen and oxygen atoms in total. The molecule has 76 valence electrons. The van der Waals surface area contributed by atoms with Gasteiger partial charge < -0.3 is 10.1 Å². The van der Waals surface area contributed by atoms with E-state index in [1.807, 2.05) is 7.05 Å². The molecule has 2 atom stereocenters. The molecular weight excluding hydrogens is 162 g/mol. The lowest BCUT2D eigenvalue weighted by molar-refractivity contribution is 0.100. The third-order valence-corrected chi connectivity index (χ3v) is 2.30. The first kappa shape index (κ1) is 12.5. The lowest BCUT2D eigenvalue weighted by atomic mass is 10.0. The molecule has 1 N–H and O–H groups in total. The van der Waals surface area contributed by atoms with Crippen molar-refractivity contribution in [3.63, 3.8) is 0 Å². The SMILES string of the molecule is C#CCCCC(CC(C)OC)NC. The summed E-state index contributed by atoms with van der Waals surface area (Å²) in [6.07, 6.45) is 9.67. The summed E-state index contributed by atoms with van der Waals surface area (Å²) in [5.41, 5.74) is 0. The Hall–Kier alpha value is -0.520. The van der Waals surface area contributed by atoms with E-state index in [1.165, 1.54) is 0 Å². The van der Waals surface area contributed by atoms with Gasteiger partial charge in [0.2, 0.25) is 0 Å². The van der Waals surface area contributed by atoms with Crippen LogP contribution in [0.1, 0.15) is 32.6 Å². The van der Waals surface area contributed by atoms with Gasteiger partial charge in [0.1, 0.15) is 0 Å². The van der Waals surface area contributed by atoms with Crippen LogP contribution in [0.5, 0.6) is 0 Å². The Bertz CT molecular complexity index is 151.